The molecule has 0 saturated carbocycles. The van der Waals surface area contributed by atoms with Crippen LogP contribution in [0.25, 0.3) is 0 Å². The molecule has 0 unspecified atom stereocenters. The Morgan fingerprint density at radius 1 is 0.692 bits per heavy atom. The van der Waals surface area contributed by atoms with Crippen molar-refractivity contribution >= 4 is 45.0 Å². The van der Waals surface area contributed by atoms with Gasteiger partial charge in [0.25, 0.3) is 0 Å². The molecule has 13 heavy (non-hydrogen) atoms. The molecule has 0 amide bonds. The van der Waals surface area contributed by atoms with Gasteiger partial charge in [-0.2, -0.15) is 0 Å². The Kier molecular flexibility index (Phi) is 84.5. The van der Waals surface area contributed by atoms with Crippen LogP contribution in [0.2, 0.25) is 8.87 Å². The second kappa shape index (κ2) is 37.5. The first-order valence-electron chi connectivity index (χ1n) is 4.12. The molecule has 3 nitrogen and oxygen atoms in total. The Bertz CT molecular complexity index is 38.4. The molecule has 0 N–H and O–H groups in total. The van der Waals surface area contributed by atoms with Crippen LogP contribution in [0.4, 0.5) is 0 Å². The minimum absolute atomic E-state index is 0. The monoisotopic (exact) mass is 402 g/mol. The zero-order valence-electron chi connectivity index (χ0n) is 8.47. The molecule has 0 saturated heterocycles. The van der Waals surface area contributed by atoms with Gasteiger partial charge in [0.1, 0.15) is 0 Å². The molecule has 0 aliphatic carbocycles. The molecule has 0 fully saturated rings. The first-order valence-corrected chi connectivity index (χ1v) is 8.16. The fourth-order valence-electron chi connectivity index (χ4n) is 0.354. The second-order valence-electron chi connectivity index (χ2n) is 2.21. The SMILES string of the molecule is CCC[CH2][Sn+3].CCC[CH2][Sn+3].[O-2].[O-2].[O-2]. The molecule has 0 aliphatic rings. The maximum absolute atomic E-state index is 2.23. The smallest absolute Gasteiger partial charge is 2.00 e. The first kappa shape index (κ1) is 29.3. The normalized spacial score (nSPS) is 6.62. The van der Waals surface area contributed by atoms with Gasteiger partial charge in [-0.25, -0.2) is 0 Å². The van der Waals surface area contributed by atoms with Crippen LogP contribution < -0.4 is 0 Å². The van der Waals surface area contributed by atoms with Gasteiger partial charge in [0, 0.05) is 0 Å². The predicted molar refractivity (Wildman–Crippen MR) is 53.0 cm³/mol. The maximum atomic E-state index is 2.23. The van der Waals surface area contributed by atoms with Gasteiger partial charge in [-0.1, -0.05) is 0 Å². The van der Waals surface area contributed by atoms with Gasteiger partial charge in [-0.05, 0) is 0 Å². The largest absolute Gasteiger partial charge is 2.00 e. The number of hydrogen-bond acceptors (Lipinski definition) is 0. The van der Waals surface area contributed by atoms with Gasteiger partial charge >= 0.3 is 93.5 Å². The number of rotatable bonds is 4. The molecular weight excluding hydrogens is 382 g/mol. The van der Waals surface area contributed by atoms with E-state index in [-0.39, 0.29) is 16.4 Å². The van der Waals surface area contributed by atoms with Crippen molar-refractivity contribution in [1.82, 2.24) is 0 Å². The van der Waals surface area contributed by atoms with E-state index < -0.39 is 0 Å². The molecule has 76 valence electrons. The van der Waals surface area contributed by atoms with Crippen LogP contribution in [0.1, 0.15) is 39.5 Å². The Labute approximate surface area is 109 Å². The Hall–Kier alpha value is 1.48. The summed E-state index contributed by atoms with van der Waals surface area (Å²) < 4.78 is 2.87. The number of unbranched alkanes of at least 4 members (excludes halogenated alkanes) is 2. The molecule has 0 rings (SSSR count). The van der Waals surface area contributed by atoms with Crippen LogP contribution in [0.15, 0.2) is 0 Å². The Morgan fingerprint density at radius 3 is 0.923 bits per heavy atom. The van der Waals surface area contributed by atoms with E-state index in [0.29, 0.717) is 0 Å². The van der Waals surface area contributed by atoms with Gasteiger partial charge in [-0.15, -0.1) is 0 Å². The quantitative estimate of drug-likeness (QED) is 0.650. The van der Waals surface area contributed by atoms with Crippen molar-refractivity contribution in [2.75, 3.05) is 0 Å². The van der Waals surface area contributed by atoms with Crippen molar-refractivity contribution < 1.29 is 16.4 Å². The van der Waals surface area contributed by atoms with Crippen LogP contribution in [0.3, 0.4) is 0 Å². The van der Waals surface area contributed by atoms with Crippen LogP contribution in [-0.2, 0) is 16.4 Å². The minimum Gasteiger partial charge on any atom is -2.00 e. The summed E-state index contributed by atoms with van der Waals surface area (Å²) in [6.07, 6.45) is 5.59. The summed E-state index contributed by atoms with van der Waals surface area (Å²) in [6.45, 7) is 4.45. The summed E-state index contributed by atoms with van der Waals surface area (Å²) in [4.78, 5) is 0. The fourth-order valence-corrected chi connectivity index (χ4v) is 2.37. The molecular formula is C8H18O3Sn2. The molecule has 0 aliphatic heterocycles. The van der Waals surface area contributed by atoms with E-state index >= 15 is 0 Å². The van der Waals surface area contributed by atoms with E-state index in [0.717, 1.165) is 0 Å². The van der Waals surface area contributed by atoms with Gasteiger partial charge < -0.3 is 16.4 Å². The van der Waals surface area contributed by atoms with Gasteiger partial charge in [0.15, 0.2) is 0 Å². The van der Waals surface area contributed by atoms with Crippen LogP contribution >= 0.6 is 0 Å². The van der Waals surface area contributed by atoms with Crippen molar-refractivity contribution in [1.29, 1.82) is 0 Å². The van der Waals surface area contributed by atoms with E-state index in [2.05, 4.69) is 13.8 Å². The van der Waals surface area contributed by atoms with E-state index in [4.69, 9.17) is 0 Å². The van der Waals surface area contributed by atoms with E-state index in [9.17, 15) is 0 Å². The van der Waals surface area contributed by atoms with Crippen LogP contribution in [-0.4, -0.2) is 45.0 Å². The maximum Gasteiger partial charge on any atom is -2.00 e. The summed E-state index contributed by atoms with van der Waals surface area (Å²) in [5.74, 6) is 0. The van der Waals surface area contributed by atoms with Gasteiger partial charge in [-0.3, -0.25) is 0 Å². The molecule has 0 aromatic rings. The summed E-state index contributed by atoms with van der Waals surface area (Å²) in [6, 6.07) is 0. The molecule has 0 aromatic heterocycles. The summed E-state index contributed by atoms with van der Waals surface area (Å²) in [5.41, 5.74) is 0. The zero-order valence-corrected chi connectivity index (χ0v) is 14.2. The second-order valence-corrected chi connectivity index (χ2v) is 5.06. The van der Waals surface area contributed by atoms with Crippen molar-refractivity contribution in [2.45, 2.75) is 48.4 Å². The average molecular weight is 400 g/mol. The summed E-state index contributed by atoms with van der Waals surface area (Å²) >= 11 is 3.37. The molecule has 0 aromatic carbocycles. The molecule has 5 heteroatoms. The Balaban J connectivity index is -0.0000000267. The zero-order chi connectivity index (χ0) is 8.24. The standard InChI is InChI=1S/2C4H9.3O.2Sn/c2*1-3-4-2;;;;;/h2*1,3-4H2,2H3;;;;;/q;;3*-2;2*+3. The average Bonchev–Trinajstić information content (AvgIpc) is 1.93. The summed E-state index contributed by atoms with van der Waals surface area (Å²) in [7, 11) is 0. The fraction of sp³-hybridized carbons (Fsp3) is 1.00. The van der Waals surface area contributed by atoms with Crippen molar-refractivity contribution in [2.24, 2.45) is 0 Å². The third kappa shape index (κ3) is 59.2. The third-order valence-corrected chi connectivity index (χ3v) is 3.08. The molecule has 0 heterocycles. The molecule has 0 radical (unpaired) electrons. The van der Waals surface area contributed by atoms with Crippen LogP contribution in [0, 0.1) is 0 Å². The number of hydrogen-bond donors (Lipinski definition) is 0. The molecule has 0 bridgehead atoms. The third-order valence-electron chi connectivity index (χ3n) is 1.06. The van der Waals surface area contributed by atoms with Crippen LogP contribution in [0.5, 0.6) is 0 Å². The van der Waals surface area contributed by atoms with Gasteiger partial charge in [0.2, 0.25) is 0 Å². The minimum atomic E-state index is 0. The topological polar surface area (TPSA) is 85.5 Å². The molecule has 0 atom stereocenters. The van der Waals surface area contributed by atoms with Gasteiger partial charge in [0.05, 0.1) is 0 Å². The Morgan fingerprint density at radius 2 is 0.923 bits per heavy atom. The summed E-state index contributed by atoms with van der Waals surface area (Å²) in [5, 5.41) is 0. The van der Waals surface area contributed by atoms with E-state index in [1.165, 1.54) is 34.6 Å². The van der Waals surface area contributed by atoms with E-state index in [1.807, 2.05) is 0 Å². The van der Waals surface area contributed by atoms with Crippen molar-refractivity contribution in [3.05, 3.63) is 0 Å². The van der Waals surface area contributed by atoms with Crippen molar-refractivity contribution in [3.8, 4) is 0 Å². The van der Waals surface area contributed by atoms with Crippen molar-refractivity contribution in [3.63, 3.8) is 0 Å². The predicted octanol–water partition coefficient (Wildman–Crippen LogP) is 2.39. The molecule has 0 spiro atoms. The van der Waals surface area contributed by atoms with E-state index in [1.54, 1.807) is 45.0 Å². The first-order chi connectivity index (χ1) is 4.83.